The predicted octanol–water partition coefficient (Wildman–Crippen LogP) is 4.87. The fourth-order valence-corrected chi connectivity index (χ4v) is 4.52. The van der Waals surface area contributed by atoms with E-state index in [0.717, 1.165) is 42.8 Å². The summed E-state index contributed by atoms with van der Waals surface area (Å²) in [4.78, 5) is 13.0. The van der Waals surface area contributed by atoms with Crippen LogP contribution < -0.4 is 4.74 Å². The third-order valence-corrected chi connectivity index (χ3v) is 6.66. The summed E-state index contributed by atoms with van der Waals surface area (Å²) in [5.74, 6) is 0.0266. The van der Waals surface area contributed by atoms with Crippen molar-refractivity contribution in [1.82, 2.24) is 4.90 Å². The van der Waals surface area contributed by atoms with Gasteiger partial charge in [-0.2, -0.15) is 0 Å². The van der Waals surface area contributed by atoms with Crippen molar-refractivity contribution in [3.63, 3.8) is 0 Å². The zero-order valence-electron chi connectivity index (χ0n) is 16.0. The van der Waals surface area contributed by atoms with Crippen LogP contribution in [0.3, 0.4) is 0 Å². The molecule has 4 rings (SSSR count). The summed E-state index contributed by atoms with van der Waals surface area (Å²) in [6, 6.07) is 11.6. The summed E-state index contributed by atoms with van der Waals surface area (Å²) in [7, 11) is 0. The number of aliphatic carboxylic acids is 1. The molecule has 2 aromatic rings. The van der Waals surface area contributed by atoms with Crippen LogP contribution in [0.15, 0.2) is 36.4 Å². The van der Waals surface area contributed by atoms with Crippen LogP contribution in [0.4, 0.5) is 0 Å². The summed E-state index contributed by atoms with van der Waals surface area (Å²) in [5, 5.41) is 9.91. The first-order valence-electron chi connectivity index (χ1n) is 9.74. The molecule has 1 N–H and O–H groups in total. The van der Waals surface area contributed by atoms with E-state index in [-0.39, 0.29) is 12.0 Å². The molecule has 0 bridgehead atoms. The van der Waals surface area contributed by atoms with E-state index in [1.807, 2.05) is 24.3 Å². The number of carboxylic acids is 1. The Morgan fingerprint density at radius 2 is 2.00 bits per heavy atom. The molecular formula is C22H23Cl2NO4. The second kappa shape index (κ2) is 8.52. The molecule has 1 saturated heterocycles. The number of fused-ring (bicyclic) bond motifs is 2. The lowest BCUT2D eigenvalue weighted by Gasteiger charge is -2.39. The summed E-state index contributed by atoms with van der Waals surface area (Å²) in [6.45, 7) is 3.20. The summed E-state index contributed by atoms with van der Waals surface area (Å²) in [5.41, 5.74) is 2.97. The van der Waals surface area contributed by atoms with E-state index in [1.54, 1.807) is 6.07 Å². The highest BCUT2D eigenvalue weighted by Gasteiger charge is 2.42. The number of ether oxygens (including phenoxy) is 2. The van der Waals surface area contributed by atoms with E-state index >= 15 is 0 Å². The summed E-state index contributed by atoms with van der Waals surface area (Å²) < 4.78 is 12.2. The molecule has 2 aromatic carbocycles. The van der Waals surface area contributed by atoms with Crippen molar-refractivity contribution in [3.8, 4) is 5.75 Å². The first-order chi connectivity index (χ1) is 14.0. The summed E-state index contributed by atoms with van der Waals surface area (Å²) in [6.07, 6.45) is 1.93. The average molecular weight is 436 g/mol. The first kappa shape index (κ1) is 20.5. The van der Waals surface area contributed by atoms with Gasteiger partial charge in [-0.25, -0.2) is 0 Å². The second-order valence-electron chi connectivity index (χ2n) is 7.59. The highest BCUT2D eigenvalue weighted by molar-refractivity contribution is 6.42. The molecule has 0 unspecified atom stereocenters. The second-order valence-corrected chi connectivity index (χ2v) is 8.37. The van der Waals surface area contributed by atoms with E-state index in [1.165, 1.54) is 5.56 Å². The summed E-state index contributed by atoms with van der Waals surface area (Å²) >= 11 is 12.3. The SMILES string of the molecule is O=C(O)CCN1CCC2(CC1)OCc1cc(OCc3cccc(Cl)c3Cl)ccc12. The smallest absolute Gasteiger partial charge is 0.304 e. The zero-order valence-corrected chi connectivity index (χ0v) is 17.5. The van der Waals surface area contributed by atoms with Crippen LogP contribution >= 0.6 is 23.2 Å². The van der Waals surface area contributed by atoms with E-state index in [0.29, 0.717) is 29.8 Å². The molecule has 0 aliphatic carbocycles. The van der Waals surface area contributed by atoms with E-state index < -0.39 is 5.97 Å². The van der Waals surface area contributed by atoms with Gasteiger partial charge in [0.1, 0.15) is 12.4 Å². The monoisotopic (exact) mass is 435 g/mol. The number of rotatable bonds is 6. The number of benzene rings is 2. The van der Waals surface area contributed by atoms with Gasteiger partial charge in [0.2, 0.25) is 0 Å². The highest BCUT2D eigenvalue weighted by atomic mass is 35.5. The van der Waals surface area contributed by atoms with Crippen LogP contribution in [0.5, 0.6) is 5.75 Å². The molecule has 0 amide bonds. The van der Waals surface area contributed by atoms with Crippen LogP contribution in [-0.2, 0) is 28.3 Å². The molecule has 154 valence electrons. The van der Waals surface area contributed by atoms with Gasteiger partial charge in [0.25, 0.3) is 0 Å². The van der Waals surface area contributed by atoms with Crippen LogP contribution in [0.1, 0.15) is 36.0 Å². The Labute approximate surface area is 180 Å². The maximum absolute atomic E-state index is 10.8. The number of likely N-dealkylation sites (tertiary alicyclic amines) is 1. The molecule has 7 heteroatoms. The molecule has 1 spiro atoms. The van der Waals surface area contributed by atoms with Crippen LogP contribution in [0.25, 0.3) is 0 Å². The number of hydrogen-bond acceptors (Lipinski definition) is 4. The molecule has 0 aromatic heterocycles. The fraction of sp³-hybridized carbons (Fsp3) is 0.409. The lowest BCUT2D eigenvalue weighted by Crippen LogP contribution is -2.43. The van der Waals surface area contributed by atoms with Crippen molar-refractivity contribution >= 4 is 29.2 Å². The Morgan fingerprint density at radius 1 is 1.21 bits per heavy atom. The molecule has 5 nitrogen and oxygen atoms in total. The van der Waals surface area contributed by atoms with Gasteiger partial charge in [-0.15, -0.1) is 0 Å². The lowest BCUT2D eigenvalue weighted by atomic mass is 9.83. The Balaban J connectivity index is 1.40. The van der Waals surface area contributed by atoms with Crippen LogP contribution in [-0.4, -0.2) is 35.6 Å². The largest absolute Gasteiger partial charge is 0.489 e. The molecule has 0 atom stereocenters. The van der Waals surface area contributed by atoms with Crippen molar-refractivity contribution < 1.29 is 19.4 Å². The van der Waals surface area contributed by atoms with E-state index in [2.05, 4.69) is 11.0 Å². The lowest BCUT2D eigenvalue weighted by molar-refractivity contribution is -0.137. The standard InChI is InChI=1S/C22H23Cl2NO4/c23-19-3-1-2-15(21(19)24)13-28-17-4-5-18-16(12-17)14-29-22(18)7-10-25(11-8-22)9-6-20(26)27/h1-5,12H,6-11,13-14H2,(H,26,27). The number of hydrogen-bond donors (Lipinski definition) is 1. The predicted molar refractivity (Wildman–Crippen MR) is 112 cm³/mol. The maximum Gasteiger partial charge on any atom is 0.304 e. The number of nitrogens with zero attached hydrogens (tertiary/aromatic N) is 1. The third-order valence-electron chi connectivity index (χ3n) is 5.80. The van der Waals surface area contributed by atoms with Gasteiger partial charge in [0, 0.05) is 25.2 Å². The molecule has 29 heavy (non-hydrogen) atoms. The first-order valence-corrected chi connectivity index (χ1v) is 10.5. The van der Waals surface area contributed by atoms with Crippen LogP contribution in [0, 0.1) is 0 Å². The topological polar surface area (TPSA) is 59.0 Å². The minimum atomic E-state index is -0.751. The molecular weight excluding hydrogens is 413 g/mol. The number of carbonyl (C=O) groups is 1. The average Bonchev–Trinajstić information content (AvgIpc) is 3.06. The van der Waals surface area contributed by atoms with Gasteiger partial charge in [0.15, 0.2) is 0 Å². The Kier molecular flexibility index (Phi) is 6.02. The van der Waals surface area contributed by atoms with Gasteiger partial charge >= 0.3 is 5.97 Å². The van der Waals surface area contributed by atoms with Gasteiger partial charge in [-0.1, -0.05) is 41.4 Å². The molecule has 2 aliphatic rings. The van der Waals surface area contributed by atoms with E-state index in [4.69, 9.17) is 37.8 Å². The van der Waals surface area contributed by atoms with E-state index in [9.17, 15) is 4.79 Å². The third kappa shape index (κ3) is 4.38. The minimum Gasteiger partial charge on any atom is -0.489 e. The highest BCUT2D eigenvalue weighted by Crippen LogP contribution is 2.45. The van der Waals surface area contributed by atoms with Gasteiger partial charge < -0.3 is 19.5 Å². The van der Waals surface area contributed by atoms with Crippen molar-refractivity contribution in [2.45, 2.75) is 38.1 Å². The van der Waals surface area contributed by atoms with Crippen molar-refractivity contribution in [2.75, 3.05) is 19.6 Å². The van der Waals surface area contributed by atoms with Gasteiger partial charge in [0.05, 0.1) is 28.7 Å². The Hall–Kier alpha value is -1.79. The van der Waals surface area contributed by atoms with Crippen molar-refractivity contribution in [1.29, 1.82) is 0 Å². The van der Waals surface area contributed by atoms with Crippen molar-refractivity contribution in [2.24, 2.45) is 0 Å². The van der Waals surface area contributed by atoms with Crippen LogP contribution in [0.2, 0.25) is 10.0 Å². The Morgan fingerprint density at radius 3 is 2.76 bits per heavy atom. The molecule has 0 radical (unpaired) electrons. The van der Waals surface area contributed by atoms with Crippen molar-refractivity contribution in [3.05, 3.63) is 63.1 Å². The Bertz CT molecular complexity index is 910. The maximum atomic E-state index is 10.8. The fourth-order valence-electron chi connectivity index (χ4n) is 4.14. The molecule has 2 aliphatic heterocycles. The quantitative estimate of drug-likeness (QED) is 0.701. The minimum absolute atomic E-state index is 0.182. The van der Waals surface area contributed by atoms with Gasteiger partial charge in [-0.3, -0.25) is 4.79 Å². The normalized spacial score (nSPS) is 18.0. The number of carboxylic acid groups (broad SMARTS) is 1. The van der Waals surface area contributed by atoms with Gasteiger partial charge in [-0.05, 0) is 42.2 Å². The molecule has 0 saturated carbocycles. The number of piperidine rings is 1. The molecule has 1 fully saturated rings. The molecule has 2 heterocycles. The number of halogens is 2. The zero-order chi connectivity index (χ0) is 20.4.